The van der Waals surface area contributed by atoms with E-state index in [9.17, 15) is 0 Å². The van der Waals surface area contributed by atoms with Crippen LogP contribution in [0.15, 0.2) is 30.6 Å². The van der Waals surface area contributed by atoms with Crippen LogP contribution in [-0.2, 0) is 0 Å². The number of imidazole rings is 1. The van der Waals surface area contributed by atoms with Crippen LogP contribution in [0.5, 0.6) is 0 Å². The minimum atomic E-state index is 0.346. The number of hydrogen-bond donors (Lipinski definition) is 1. The number of halogens is 1. The van der Waals surface area contributed by atoms with Gasteiger partial charge in [0.25, 0.3) is 0 Å². The molecule has 0 aliphatic carbocycles. The molecule has 0 spiro atoms. The minimum Gasteiger partial charge on any atom is -0.345 e. The van der Waals surface area contributed by atoms with Crippen LogP contribution < -0.4 is 0 Å². The highest BCUT2D eigenvalue weighted by Crippen LogP contribution is 2.30. The van der Waals surface area contributed by atoms with Crippen molar-refractivity contribution < 1.29 is 0 Å². The molecule has 6 heteroatoms. The molecule has 4 aromatic heterocycles. The van der Waals surface area contributed by atoms with E-state index in [2.05, 4.69) is 44.4 Å². The van der Waals surface area contributed by atoms with E-state index in [0.717, 1.165) is 39.1 Å². The Morgan fingerprint density at radius 1 is 1.22 bits per heavy atom. The maximum Gasteiger partial charge on any atom is 0.139 e. The second-order valence-electron chi connectivity index (χ2n) is 5.91. The number of aromatic amines is 1. The molecule has 0 aliphatic rings. The van der Waals surface area contributed by atoms with E-state index in [4.69, 9.17) is 11.6 Å². The molecule has 23 heavy (non-hydrogen) atoms. The van der Waals surface area contributed by atoms with Crippen LogP contribution in [0.25, 0.3) is 33.3 Å². The number of fused-ring (bicyclic) bond motifs is 2. The standard InChI is InChI=1S/C17H16ClN5/c1-9(2)23-10(3)21-14-8-19-13(6-15(14)23)12-7-20-17-11(12)4-5-16(18)22-17/h4-9H,1-3H3,(H,20,22). The number of nitrogens with zero attached hydrogens (tertiary/aromatic N) is 4. The van der Waals surface area contributed by atoms with Crippen molar-refractivity contribution in [1.82, 2.24) is 24.5 Å². The number of nitrogens with one attached hydrogen (secondary N) is 1. The Labute approximate surface area is 138 Å². The second-order valence-corrected chi connectivity index (χ2v) is 6.30. The summed E-state index contributed by atoms with van der Waals surface area (Å²) in [5.74, 6) is 1.00. The molecule has 0 aromatic carbocycles. The van der Waals surface area contributed by atoms with E-state index in [0.29, 0.717) is 11.2 Å². The lowest BCUT2D eigenvalue weighted by Gasteiger charge is -2.11. The zero-order valence-electron chi connectivity index (χ0n) is 13.1. The first-order valence-electron chi connectivity index (χ1n) is 7.53. The largest absolute Gasteiger partial charge is 0.345 e. The summed E-state index contributed by atoms with van der Waals surface area (Å²) < 4.78 is 2.23. The van der Waals surface area contributed by atoms with E-state index in [1.165, 1.54) is 0 Å². The van der Waals surface area contributed by atoms with Crippen molar-refractivity contribution in [3.05, 3.63) is 41.6 Å². The maximum atomic E-state index is 5.95. The van der Waals surface area contributed by atoms with Crippen LogP contribution in [0.4, 0.5) is 0 Å². The average Bonchev–Trinajstić information content (AvgIpc) is 3.05. The fourth-order valence-electron chi connectivity index (χ4n) is 3.11. The Kier molecular flexibility index (Phi) is 3.13. The summed E-state index contributed by atoms with van der Waals surface area (Å²) in [6.07, 6.45) is 3.75. The van der Waals surface area contributed by atoms with Crippen molar-refractivity contribution in [3.8, 4) is 11.3 Å². The minimum absolute atomic E-state index is 0.346. The molecule has 0 amide bonds. The summed E-state index contributed by atoms with van der Waals surface area (Å²) in [6, 6.07) is 6.20. The van der Waals surface area contributed by atoms with Crippen LogP contribution in [0.2, 0.25) is 5.15 Å². The lowest BCUT2D eigenvalue weighted by atomic mass is 10.1. The second kappa shape index (κ2) is 5.06. The van der Waals surface area contributed by atoms with Gasteiger partial charge in [-0.3, -0.25) is 4.98 Å². The number of H-pyrrole nitrogens is 1. The number of aromatic nitrogens is 5. The molecular formula is C17H16ClN5. The Balaban J connectivity index is 1.96. The monoisotopic (exact) mass is 325 g/mol. The maximum absolute atomic E-state index is 5.95. The molecule has 0 unspecified atom stereocenters. The van der Waals surface area contributed by atoms with Gasteiger partial charge < -0.3 is 9.55 Å². The highest BCUT2D eigenvalue weighted by Gasteiger charge is 2.14. The normalized spacial score (nSPS) is 11.9. The van der Waals surface area contributed by atoms with E-state index >= 15 is 0 Å². The predicted octanol–water partition coefficient (Wildman–Crippen LogP) is 4.52. The molecule has 0 saturated carbocycles. The quantitative estimate of drug-likeness (QED) is 0.551. The van der Waals surface area contributed by atoms with Crippen LogP contribution in [-0.4, -0.2) is 24.5 Å². The first-order valence-corrected chi connectivity index (χ1v) is 7.91. The molecule has 4 heterocycles. The number of aryl methyl sites for hydroxylation is 1. The molecule has 0 saturated heterocycles. The molecule has 0 atom stereocenters. The van der Waals surface area contributed by atoms with Crippen LogP contribution in [0.3, 0.4) is 0 Å². The summed E-state index contributed by atoms with van der Waals surface area (Å²) in [6.45, 7) is 6.34. The van der Waals surface area contributed by atoms with Gasteiger partial charge in [0.05, 0.1) is 17.4 Å². The van der Waals surface area contributed by atoms with Crippen molar-refractivity contribution >= 4 is 33.7 Å². The first kappa shape index (κ1) is 14.2. The van der Waals surface area contributed by atoms with Gasteiger partial charge in [-0.2, -0.15) is 0 Å². The molecular weight excluding hydrogens is 310 g/mol. The van der Waals surface area contributed by atoms with E-state index in [1.807, 2.05) is 25.4 Å². The topological polar surface area (TPSA) is 59.4 Å². The molecule has 0 aliphatic heterocycles. The SMILES string of the molecule is Cc1nc2cnc(-c3c[nH]c4nc(Cl)ccc34)cc2n1C(C)C. The van der Waals surface area contributed by atoms with Gasteiger partial charge in [0, 0.05) is 23.2 Å². The molecule has 116 valence electrons. The third kappa shape index (κ3) is 2.19. The van der Waals surface area contributed by atoms with Gasteiger partial charge in [-0.15, -0.1) is 0 Å². The zero-order chi connectivity index (χ0) is 16.1. The van der Waals surface area contributed by atoms with Gasteiger partial charge >= 0.3 is 0 Å². The number of rotatable bonds is 2. The fourth-order valence-corrected chi connectivity index (χ4v) is 3.26. The van der Waals surface area contributed by atoms with E-state index in [1.54, 1.807) is 6.07 Å². The summed E-state index contributed by atoms with van der Waals surface area (Å²) in [5.41, 5.74) is 4.69. The predicted molar refractivity (Wildman–Crippen MR) is 92.7 cm³/mol. The van der Waals surface area contributed by atoms with Gasteiger partial charge in [-0.25, -0.2) is 9.97 Å². The van der Waals surface area contributed by atoms with Gasteiger partial charge in [0.15, 0.2) is 0 Å². The summed E-state index contributed by atoms with van der Waals surface area (Å²) in [7, 11) is 0. The summed E-state index contributed by atoms with van der Waals surface area (Å²) in [5, 5.41) is 1.48. The third-order valence-corrected chi connectivity index (χ3v) is 4.26. The highest BCUT2D eigenvalue weighted by molar-refractivity contribution is 6.29. The smallest absolute Gasteiger partial charge is 0.139 e. The van der Waals surface area contributed by atoms with E-state index in [-0.39, 0.29) is 0 Å². The number of hydrogen-bond acceptors (Lipinski definition) is 3. The van der Waals surface area contributed by atoms with Gasteiger partial charge in [0.1, 0.15) is 22.1 Å². The average molecular weight is 326 g/mol. The summed E-state index contributed by atoms with van der Waals surface area (Å²) >= 11 is 5.95. The van der Waals surface area contributed by atoms with Crippen molar-refractivity contribution in [2.24, 2.45) is 0 Å². The van der Waals surface area contributed by atoms with E-state index < -0.39 is 0 Å². The summed E-state index contributed by atoms with van der Waals surface area (Å²) in [4.78, 5) is 16.6. The van der Waals surface area contributed by atoms with Gasteiger partial charge in [-0.1, -0.05) is 11.6 Å². The van der Waals surface area contributed by atoms with Gasteiger partial charge in [0.2, 0.25) is 0 Å². The molecule has 4 aromatic rings. The zero-order valence-corrected chi connectivity index (χ0v) is 13.9. The van der Waals surface area contributed by atoms with Gasteiger partial charge in [-0.05, 0) is 39.0 Å². The molecule has 0 bridgehead atoms. The van der Waals surface area contributed by atoms with Crippen molar-refractivity contribution in [3.63, 3.8) is 0 Å². The van der Waals surface area contributed by atoms with Crippen LogP contribution >= 0.6 is 11.6 Å². The molecule has 1 N–H and O–H groups in total. The first-order chi connectivity index (χ1) is 11.0. The molecule has 0 fully saturated rings. The van der Waals surface area contributed by atoms with Crippen LogP contribution in [0, 0.1) is 6.92 Å². The Bertz CT molecular complexity index is 1030. The fraction of sp³-hybridized carbons (Fsp3) is 0.235. The Morgan fingerprint density at radius 3 is 2.83 bits per heavy atom. The number of pyridine rings is 2. The Hall–Kier alpha value is -2.40. The molecule has 5 nitrogen and oxygen atoms in total. The van der Waals surface area contributed by atoms with Crippen molar-refractivity contribution in [2.75, 3.05) is 0 Å². The van der Waals surface area contributed by atoms with Crippen molar-refractivity contribution in [1.29, 1.82) is 0 Å². The molecule has 0 radical (unpaired) electrons. The third-order valence-electron chi connectivity index (χ3n) is 4.05. The van der Waals surface area contributed by atoms with Crippen molar-refractivity contribution in [2.45, 2.75) is 26.8 Å². The lowest BCUT2D eigenvalue weighted by Crippen LogP contribution is -2.02. The Morgan fingerprint density at radius 2 is 2.04 bits per heavy atom. The highest BCUT2D eigenvalue weighted by atomic mass is 35.5. The van der Waals surface area contributed by atoms with Crippen LogP contribution in [0.1, 0.15) is 25.7 Å². The lowest BCUT2D eigenvalue weighted by molar-refractivity contribution is 0.600. The molecule has 4 rings (SSSR count).